The van der Waals surface area contributed by atoms with E-state index in [9.17, 15) is 0 Å². The highest BCUT2D eigenvalue weighted by molar-refractivity contribution is 6.30. The van der Waals surface area contributed by atoms with Crippen LogP contribution in [0.1, 0.15) is 11.4 Å². The molecule has 0 bridgehead atoms. The zero-order chi connectivity index (χ0) is 13.9. The Morgan fingerprint density at radius 1 is 1.15 bits per heavy atom. The minimum Gasteiger partial charge on any atom is -0.308 e. The normalized spacial score (nSPS) is 11.1. The molecule has 0 saturated heterocycles. The van der Waals surface area contributed by atoms with Gasteiger partial charge in [0, 0.05) is 23.5 Å². The average molecular weight is 306 g/mol. The highest BCUT2D eigenvalue weighted by Gasteiger charge is 2.11. The van der Waals surface area contributed by atoms with Crippen molar-refractivity contribution < 1.29 is 0 Å². The van der Waals surface area contributed by atoms with Gasteiger partial charge in [0.15, 0.2) is 5.65 Å². The summed E-state index contributed by atoms with van der Waals surface area (Å²) in [6.45, 7) is 0.695. The molecule has 5 heteroatoms. The maximum Gasteiger partial charge on any atom is 0.160 e. The number of pyridine rings is 1. The lowest BCUT2D eigenvalue weighted by atomic mass is 10.2. The molecule has 0 aliphatic rings. The van der Waals surface area contributed by atoms with Crippen molar-refractivity contribution in [3.8, 4) is 0 Å². The van der Waals surface area contributed by atoms with Crippen LogP contribution in [0, 0.1) is 0 Å². The summed E-state index contributed by atoms with van der Waals surface area (Å²) >= 11 is 11.9. The van der Waals surface area contributed by atoms with Crippen LogP contribution < -0.4 is 0 Å². The van der Waals surface area contributed by atoms with Gasteiger partial charge < -0.3 is 4.57 Å². The van der Waals surface area contributed by atoms with Crippen molar-refractivity contribution in [3.63, 3.8) is 0 Å². The van der Waals surface area contributed by atoms with E-state index in [2.05, 4.69) is 14.5 Å². The van der Waals surface area contributed by atoms with Crippen LogP contribution in [0.5, 0.6) is 0 Å². The molecular weight excluding hydrogens is 293 g/mol. The molecule has 0 saturated carbocycles. The number of hydrogen-bond donors (Lipinski definition) is 0. The number of alkyl halides is 1. The van der Waals surface area contributed by atoms with Gasteiger partial charge in [-0.15, -0.1) is 11.6 Å². The first-order chi connectivity index (χ1) is 9.78. The quantitative estimate of drug-likeness (QED) is 0.684. The van der Waals surface area contributed by atoms with E-state index in [4.69, 9.17) is 23.2 Å². The van der Waals surface area contributed by atoms with Crippen LogP contribution in [0.2, 0.25) is 5.02 Å². The number of benzene rings is 1. The van der Waals surface area contributed by atoms with Crippen molar-refractivity contribution in [3.05, 3.63) is 59.0 Å². The molecule has 2 aromatic heterocycles. The molecule has 0 N–H and O–H groups in total. The van der Waals surface area contributed by atoms with Crippen LogP contribution in [-0.4, -0.2) is 20.4 Å². The SMILES string of the molecule is ClCCc1nc2cccnc2n1Cc1cccc(Cl)c1. The van der Waals surface area contributed by atoms with E-state index in [0.29, 0.717) is 12.4 Å². The summed E-state index contributed by atoms with van der Waals surface area (Å²) in [5.74, 6) is 1.49. The molecule has 0 radical (unpaired) electrons. The zero-order valence-corrected chi connectivity index (χ0v) is 12.3. The number of nitrogens with zero attached hydrogens (tertiary/aromatic N) is 3. The predicted molar refractivity (Wildman–Crippen MR) is 82.5 cm³/mol. The van der Waals surface area contributed by atoms with Gasteiger partial charge in [0.05, 0.1) is 6.54 Å². The number of aromatic nitrogens is 3. The minimum atomic E-state index is 0.541. The Labute approximate surface area is 127 Å². The van der Waals surface area contributed by atoms with Gasteiger partial charge in [-0.25, -0.2) is 9.97 Å². The summed E-state index contributed by atoms with van der Waals surface area (Å²) in [4.78, 5) is 9.03. The standard InChI is InChI=1S/C15H13Cl2N3/c16-7-6-14-19-13-5-2-8-18-15(13)20(14)10-11-3-1-4-12(17)9-11/h1-5,8-9H,6-7,10H2. The van der Waals surface area contributed by atoms with Gasteiger partial charge in [0.25, 0.3) is 0 Å². The molecule has 0 aliphatic heterocycles. The van der Waals surface area contributed by atoms with Gasteiger partial charge in [-0.1, -0.05) is 23.7 Å². The summed E-state index contributed by atoms with van der Waals surface area (Å²) in [5.41, 5.74) is 2.90. The highest BCUT2D eigenvalue weighted by atomic mass is 35.5. The number of rotatable bonds is 4. The Balaban J connectivity index is 2.06. The molecule has 3 aromatic rings. The van der Waals surface area contributed by atoms with Gasteiger partial charge in [-0.2, -0.15) is 0 Å². The van der Waals surface area contributed by atoms with E-state index < -0.39 is 0 Å². The van der Waals surface area contributed by atoms with Crippen LogP contribution in [0.25, 0.3) is 11.2 Å². The van der Waals surface area contributed by atoms with E-state index in [-0.39, 0.29) is 0 Å². The first-order valence-electron chi connectivity index (χ1n) is 6.38. The van der Waals surface area contributed by atoms with Gasteiger partial charge in [0.1, 0.15) is 11.3 Å². The lowest BCUT2D eigenvalue weighted by molar-refractivity contribution is 0.748. The maximum atomic E-state index is 6.04. The molecule has 2 heterocycles. The number of fused-ring (bicyclic) bond motifs is 1. The van der Waals surface area contributed by atoms with Crippen molar-refractivity contribution in [2.75, 3.05) is 5.88 Å². The number of hydrogen-bond acceptors (Lipinski definition) is 2. The lowest BCUT2D eigenvalue weighted by Gasteiger charge is -2.08. The fourth-order valence-corrected chi connectivity index (χ4v) is 2.65. The molecule has 102 valence electrons. The second-order valence-electron chi connectivity index (χ2n) is 4.53. The summed E-state index contributed by atoms with van der Waals surface area (Å²) in [6.07, 6.45) is 2.50. The Hall–Kier alpha value is -1.58. The molecule has 0 amide bonds. The first-order valence-corrected chi connectivity index (χ1v) is 7.30. The van der Waals surface area contributed by atoms with Crippen LogP contribution >= 0.6 is 23.2 Å². The van der Waals surface area contributed by atoms with Crippen LogP contribution in [0.15, 0.2) is 42.6 Å². The smallest absolute Gasteiger partial charge is 0.160 e. The average Bonchev–Trinajstić information content (AvgIpc) is 2.78. The van der Waals surface area contributed by atoms with E-state index in [1.165, 1.54) is 0 Å². The van der Waals surface area contributed by atoms with E-state index in [1.54, 1.807) is 6.20 Å². The van der Waals surface area contributed by atoms with E-state index >= 15 is 0 Å². The summed E-state index contributed by atoms with van der Waals surface area (Å²) in [5, 5.41) is 0.735. The Kier molecular flexibility index (Phi) is 3.90. The molecule has 3 rings (SSSR count). The molecule has 0 spiro atoms. The Morgan fingerprint density at radius 3 is 2.85 bits per heavy atom. The van der Waals surface area contributed by atoms with Gasteiger partial charge in [-0.3, -0.25) is 0 Å². The Morgan fingerprint density at radius 2 is 2.05 bits per heavy atom. The van der Waals surface area contributed by atoms with Crippen molar-refractivity contribution in [2.24, 2.45) is 0 Å². The van der Waals surface area contributed by atoms with Crippen LogP contribution in [0.3, 0.4) is 0 Å². The third-order valence-corrected chi connectivity index (χ3v) is 3.55. The molecule has 1 aromatic carbocycles. The van der Waals surface area contributed by atoms with Crippen molar-refractivity contribution in [1.82, 2.24) is 14.5 Å². The molecule has 3 nitrogen and oxygen atoms in total. The monoisotopic (exact) mass is 305 g/mol. The molecule has 0 fully saturated rings. The van der Waals surface area contributed by atoms with E-state index in [1.807, 2.05) is 36.4 Å². The van der Waals surface area contributed by atoms with Crippen LogP contribution in [-0.2, 0) is 13.0 Å². The van der Waals surface area contributed by atoms with Crippen molar-refractivity contribution >= 4 is 34.4 Å². The fourth-order valence-electron chi connectivity index (χ4n) is 2.26. The molecule has 0 unspecified atom stereocenters. The van der Waals surface area contributed by atoms with Gasteiger partial charge in [0.2, 0.25) is 0 Å². The largest absolute Gasteiger partial charge is 0.308 e. The van der Waals surface area contributed by atoms with Crippen LogP contribution in [0.4, 0.5) is 0 Å². The highest BCUT2D eigenvalue weighted by Crippen LogP contribution is 2.18. The number of aryl methyl sites for hydroxylation is 1. The second-order valence-corrected chi connectivity index (χ2v) is 5.34. The fraction of sp³-hybridized carbons (Fsp3) is 0.200. The maximum absolute atomic E-state index is 6.04. The molecule has 20 heavy (non-hydrogen) atoms. The summed E-state index contributed by atoms with van der Waals surface area (Å²) in [6, 6.07) is 11.7. The van der Waals surface area contributed by atoms with Crippen molar-refractivity contribution in [2.45, 2.75) is 13.0 Å². The minimum absolute atomic E-state index is 0.541. The van der Waals surface area contributed by atoms with Gasteiger partial charge in [-0.05, 0) is 29.8 Å². The second kappa shape index (κ2) is 5.81. The van der Waals surface area contributed by atoms with Gasteiger partial charge >= 0.3 is 0 Å². The molecule has 0 aliphatic carbocycles. The topological polar surface area (TPSA) is 30.7 Å². The summed E-state index contributed by atoms with van der Waals surface area (Å²) in [7, 11) is 0. The summed E-state index contributed by atoms with van der Waals surface area (Å²) < 4.78 is 2.10. The third-order valence-electron chi connectivity index (χ3n) is 3.13. The molecule has 0 atom stereocenters. The lowest BCUT2D eigenvalue weighted by Crippen LogP contribution is -2.06. The van der Waals surface area contributed by atoms with Crippen molar-refractivity contribution in [1.29, 1.82) is 0 Å². The zero-order valence-electron chi connectivity index (χ0n) is 10.8. The predicted octanol–water partition coefficient (Wildman–Crippen LogP) is 3.91. The number of halogens is 2. The third kappa shape index (κ3) is 2.65. The number of imidazole rings is 1. The first kappa shape index (κ1) is 13.4. The molecular formula is C15H13Cl2N3. The van der Waals surface area contributed by atoms with E-state index in [0.717, 1.165) is 34.0 Å². The Bertz CT molecular complexity index is 737.